The Hall–Kier alpha value is -2.82. The first-order chi connectivity index (χ1) is 19.1. The van der Waals surface area contributed by atoms with Crippen molar-refractivity contribution < 1.29 is 18.6 Å². The number of aliphatic hydroxyl groups is 1. The van der Waals surface area contributed by atoms with E-state index in [0.717, 1.165) is 36.2 Å². The van der Waals surface area contributed by atoms with Gasteiger partial charge in [0.1, 0.15) is 30.0 Å². The Labute approximate surface area is 235 Å². The van der Waals surface area contributed by atoms with Crippen LogP contribution in [-0.4, -0.2) is 94.3 Å². The van der Waals surface area contributed by atoms with Gasteiger partial charge in [-0.25, -0.2) is 8.78 Å². The molecule has 2 unspecified atom stereocenters. The highest BCUT2D eigenvalue weighted by atomic mass is 32.1. The van der Waals surface area contributed by atoms with Crippen molar-refractivity contribution in [3.8, 4) is 12.1 Å². The van der Waals surface area contributed by atoms with Crippen LogP contribution >= 0.6 is 11.3 Å². The van der Waals surface area contributed by atoms with Gasteiger partial charge in [0.05, 0.1) is 22.1 Å². The van der Waals surface area contributed by atoms with Crippen molar-refractivity contribution in [2.45, 2.75) is 74.3 Å². The molecule has 1 aliphatic carbocycles. The van der Waals surface area contributed by atoms with E-state index in [1.54, 1.807) is 6.92 Å². The van der Waals surface area contributed by atoms with Crippen molar-refractivity contribution in [2.75, 3.05) is 61.4 Å². The number of alkyl halides is 2. The quantitative estimate of drug-likeness (QED) is 0.551. The molecule has 2 aromatic rings. The number of fused-ring (bicyclic) bond motifs is 3. The van der Waals surface area contributed by atoms with Crippen molar-refractivity contribution in [1.29, 1.82) is 5.26 Å². The summed E-state index contributed by atoms with van der Waals surface area (Å²) in [5.41, 5.74) is 5.17. The summed E-state index contributed by atoms with van der Waals surface area (Å²) in [6, 6.07) is 2.33. The van der Waals surface area contributed by atoms with Gasteiger partial charge in [0, 0.05) is 50.4 Å². The van der Waals surface area contributed by atoms with Crippen LogP contribution in [0, 0.1) is 11.3 Å². The lowest BCUT2D eigenvalue weighted by atomic mass is 9.73. The number of ether oxygens (including phenoxy) is 1. The van der Waals surface area contributed by atoms with Crippen LogP contribution < -0.4 is 20.3 Å². The van der Waals surface area contributed by atoms with Crippen LogP contribution in [0.3, 0.4) is 0 Å². The maximum Gasteiger partial charge on any atom is 0.323 e. The summed E-state index contributed by atoms with van der Waals surface area (Å²) in [4.78, 5) is 20.9. The smallest absolute Gasteiger partial charge is 0.323 e. The molecule has 1 spiro atoms. The minimum Gasteiger partial charge on any atom is -0.461 e. The van der Waals surface area contributed by atoms with E-state index in [0.29, 0.717) is 68.0 Å². The highest BCUT2D eigenvalue weighted by Gasteiger charge is 2.58. The molecule has 0 bridgehead atoms. The van der Waals surface area contributed by atoms with E-state index in [9.17, 15) is 14.8 Å². The van der Waals surface area contributed by atoms with E-state index in [4.69, 9.17) is 15.5 Å². The number of hydrogen-bond acceptors (Lipinski definition) is 11. The van der Waals surface area contributed by atoms with E-state index >= 15 is 4.39 Å². The first-order valence-electron chi connectivity index (χ1n) is 14.1. The molecule has 10 nitrogen and oxygen atoms in total. The predicted molar refractivity (Wildman–Crippen MR) is 146 cm³/mol. The van der Waals surface area contributed by atoms with E-state index < -0.39 is 23.4 Å². The van der Waals surface area contributed by atoms with Crippen LogP contribution in [0.25, 0.3) is 0 Å². The average molecular weight is 573 g/mol. The number of β-amino-alcohol motifs (C(OH)–C–C–N with tert-alkyl or cyclic N) is 1. The average Bonchev–Trinajstić information content (AvgIpc) is 3.57. The zero-order valence-corrected chi connectivity index (χ0v) is 23.4. The monoisotopic (exact) mass is 572 g/mol. The summed E-state index contributed by atoms with van der Waals surface area (Å²) >= 11 is 1.30. The molecule has 2 aromatic heterocycles. The Morgan fingerprint density at radius 1 is 1.12 bits per heavy atom. The van der Waals surface area contributed by atoms with E-state index in [2.05, 4.69) is 20.9 Å². The van der Waals surface area contributed by atoms with E-state index in [1.165, 1.54) is 11.3 Å². The molecule has 0 saturated carbocycles. The number of aromatic nitrogens is 3. The number of piperidine rings is 1. The van der Waals surface area contributed by atoms with Crippen LogP contribution in [0.1, 0.15) is 55.0 Å². The Bertz CT molecular complexity index is 1370. The Kier molecular flexibility index (Phi) is 5.93. The zero-order chi connectivity index (χ0) is 27.9. The maximum absolute atomic E-state index is 15.5. The van der Waals surface area contributed by atoms with Crippen LogP contribution in [0.2, 0.25) is 0 Å². The van der Waals surface area contributed by atoms with Crippen molar-refractivity contribution in [3.63, 3.8) is 0 Å². The fourth-order valence-electron chi connectivity index (χ4n) is 7.65. The van der Waals surface area contributed by atoms with E-state index in [1.807, 2.05) is 9.80 Å². The van der Waals surface area contributed by atoms with Gasteiger partial charge < -0.3 is 25.4 Å². The number of hydrogen-bond donors (Lipinski definition) is 2. The van der Waals surface area contributed by atoms with Crippen molar-refractivity contribution in [1.82, 2.24) is 19.9 Å². The Morgan fingerprint density at radius 2 is 1.88 bits per heavy atom. The Balaban J connectivity index is 1.18. The number of halogens is 2. The molecular weight excluding hydrogens is 538 g/mol. The number of nitrogen functional groups attached to an aromatic ring is 1. The third kappa shape index (κ3) is 4.01. The summed E-state index contributed by atoms with van der Waals surface area (Å²) in [7, 11) is 0. The molecule has 3 N–H and O–H groups in total. The standard InChI is InChI=1S/C27H34F2N8O2S/c1-25(38)4-2-6-35(12-25)22-32-23(34-24(33-22)39-15-26-5-3-7-37(26)11-16(28)9-26)36-13-27(14-36)19(29)8-18-20(27)17(10-30)21(31)40-18/h16,19,38H,2-9,11-15,31H2,1H3/t16?,19?,25-,26+/m1/s1. The minimum absolute atomic E-state index is 0.149. The number of nitrogens with two attached hydrogens (primary N) is 1. The second-order valence-corrected chi connectivity index (χ2v) is 13.7. The fraction of sp³-hybridized carbons (Fsp3) is 0.704. The van der Waals surface area contributed by atoms with Gasteiger partial charge in [-0.05, 0) is 44.7 Å². The largest absolute Gasteiger partial charge is 0.461 e. The van der Waals surface area contributed by atoms with Crippen molar-refractivity contribution >= 4 is 28.2 Å². The van der Waals surface area contributed by atoms with Gasteiger partial charge in [-0.2, -0.15) is 20.2 Å². The number of nitrogens with zero attached hydrogens (tertiary/aromatic N) is 7. The van der Waals surface area contributed by atoms with Gasteiger partial charge >= 0.3 is 6.01 Å². The fourth-order valence-corrected chi connectivity index (χ4v) is 8.80. The first-order valence-corrected chi connectivity index (χ1v) is 14.9. The molecule has 40 heavy (non-hydrogen) atoms. The van der Waals surface area contributed by atoms with Crippen LogP contribution in [0.4, 0.5) is 25.7 Å². The molecule has 13 heteroatoms. The molecule has 4 aliphatic heterocycles. The molecule has 5 aliphatic rings. The van der Waals surface area contributed by atoms with Crippen LogP contribution in [-0.2, 0) is 11.8 Å². The van der Waals surface area contributed by atoms with Gasteiger partial charge in [-0.15, -0.1) is 11.3 Å². The van der Waals surface area contributed by atoms with Gasteiger partial charge in [0.25, 0.3) is 0 Å². The van der Waals surface area contributed by atoms with Crippen LogP contribution in [0.5, 0.6) is 6.01 Å². The lowest BCUT2D eigenvalue weighted by molar-refractivity contribution is 0.0443. The highest BCUT2D eigenvalue weighted by Crippen LogP contribution is 2.53. The minimum atomic E-state index is -1.12. The number of thiophene rings is 1. The normalized spacial score (nSPS) is 32.7. The van der Waals surface area contributed by atoms with Crippen molar-refractivity contribution in [3.05, 3.63) is 16.0 Å². The number of anilines is 3. The van der Waals surface area contributed by atoms with Crippen LogP contribution in [0.15, 0.2) is 0 Å². The molecule has 0 amide bonds. The zero-order valence-electron chi connectivity index (χ0n) is 22.6. The first kappa shape index (κ1) is 26.1. The molecule has 214 valence electrons. The lowest BCUT2D eigenvalue weighted by Gasteiger charge is -2.49. The molecule has 6 heterocycles. The number of nitriles is 1. The molecule has 4 fully saturated rings. The molecule has 0 aromatic carbocycles. The lowest BCUT2D eigenvalue weighted by Crippen LogP contribution is -2.63. The summed E-state index contributed by atoms with van der Waals surface area (Å²) in [5.74, 6) is 0.770. The highest BCUT2D eigenvalue weighted by molar-refractivity contribution is 7.16. The summed E-state index contributed by atoms with van der Waals surface area (Å²) < 4.78 is 36.0. The summed E-state index contributed by atoms with van der Waals surface area (Å²) in [6.45, 7) is 5.06. The Morgan fingerprint density at radius 3 is 2.62 bits per heavy atom. The second kappa shape index (κ2) is 9.09. The SMILES string of the molecule is C[C@@]1(O)CCCN(c2nc(OC[C@@]34CCCN3CC(F)C4)nc(N3CC4(C3)c3c(sc(N)c3C#N)CC4F)n2)C1. The number of rotatable bonds is 5. The van der Waals surface area contributed by atoms with E-state index in [-0.39, 0.29) is 24.6 Å². The van der Waals surface area contributed by atoms with Crippen molar-refractivity contribution in [2.24, 2.45) is 0 Å². The van der Waals surface area contributed by atoms with Gasteiger partial charge in [0.15, 0.2) is 0 Å². The summed E-state index contributed by atoms with van der Waals surface area (Å²) in [5, 5.41) is 20.9. The molecule has 7 rings (SSSR count). The summed E-state index contributed by atoms with van der Waals surface area (Å²) in [6.07, 6.45) is 2.06. The van der Waals surface area contributed by atoms with Gasteiger partial charge in [-0.3, -0.25) is 4.90 Å². The third-order valence-corrected chi connectivity index (χ3v) is 10.6. The molecule has 4 atom stereocenters. The van der Waals surface area contributed by atoms with Gasteiger partial charge in [0.2, 0.25) is 11.9 Å². The van der Waals surface area contributed by atoms with Gasteiger partial charge in [-0.1, -0.05) is 0 Å². The molecular formula is C27H34F2N8O2S. The third-order valence-electron chi connectivity index (χ3n) is 9.59. The molecule has 4 saturated heterocycles. The second-order valence-electron chi connectivity index (χ2n) is 12.5. The topological polar surface area (TPSA) is 128 Å². The maximum atomic E-state index is 15.5. The predicted octanol–water partition coefficient (Wildman–Crippen LogP) is 2.35. The molecule has 0 radical (unpaired) electrons.